The van der Waals surface area contributed by atoms with Gasteiger partial charge < -0.3 is 0 Å². The lowest BCUT2D eigenvalue weighted by molar-refractivity contribution is 0.514. The fourth-order valence-electron chi connectivity index (χ4n) is 2.30. The van der Waals surface area contributed by atoms with Crippen molar-refractivity contribution in [3.05, 3.63) is 44.4 Å². The van der Waals surface area contributed by atoms with Crippen LogP contribution >= 0.6 is 31.9 Å². The fraction of sp³-hybridized carbons (Fsp3) is 0.429. The maximum absolute atomic E-state index is 5.75. The zero-order valence-electron chi connectivity index (χ0n) is 12.1. The molecule has 1 atom stereocenters. The first-order valence-electron chi connectivity index (χ1n) is 6.91. The molecule has 0 spiro atoms. The smallest absolute Gasteiger partial charge is 0.0766 e. The molecule has 0 radical (unpaired) electrons. The quantitative estimate of drug-likeness (QED) is 0.560. The van der Waals surface area contributed by atoms with Gasteiger partial charge in [-0.15, -0.1) is 0 Å². The molecular weight excluding hydrogens is 398 g/mol. The number of nitrogens with zero attached hydrogens (tertiary/aromatic N) is 3. The standard InChI is InChI=1S/C14H19Br2N5/c1-3-11-14(16)13(21(4-2)20-11)6-12(19-17)9-5-10(15)8-18-7-9/h5,7-8,12,19H,3-4,6,17H2,1-2H3. The van der Waals surface area contributed by atoms with E-state index in [1.165, 1.54) is 0 Å². The Morgan fingerprint density at radius 1 is 1.33 bits per heavy atom. The Morgan fingerprint density at radius 2 is 2.10 bits per heavy atom. The maximum atomic E-state index is 5.75. The molecule has 0 saturated carbocycles. The summed E-state index contributed by atoms with van der Waals surface area (Å²) in [7, 11) is 0. The third-order valence-electron chi connectivity index (χ3n) is 3.42. The predicted molar refractivity (Wildman–Crippen MR) is 90.7 cm³/mol. The van der Waals surface area contributed by atoms with E-state index in [9.17, 15) is 0 Å². The molecule has 0 saturated heterocycles. The SMILES string of the molecule is CCc1nn(CC)c(CC(NN)c2cncc(Br)c2)c1Br. The van der Waals surface area contributed by atoms with Crippen molar-refractivity contribution < 1.29 is 0 Å². The second-order valence-corrected chi connectivity index (χ2v) is 6.45. The largest absolute Gasteiger partial charge is 0.271 e. The average Bonchev–Trinajstić information content (AvgIpc) is 2.80. The lowest BCUT2D eigenvalue weighted by Gasteiger charge is -2.17. The number of nitrogens with one attached hydrogen (secondary N) is 1. The van der Waals surface area contributed by atoms with Crippen LogP contribution in [0.4, 0.5) is 0 Å². The van der Waals surface area contributed by atoms with Crippen molar-refractivity contribution in [2.24, 2.45) is 5.84 Å². The van der Waals surface area contributed by atoms with E-state index in [-0.39, 0.29) is 6.04 Å². The van der Waals surface area contributed by atoms with Crippen LogP contribution in [0.25, 0.3) is 0 Å². The number of rotatable bonds is 6. The Morgan fingerprint density at radius 3 is 2.67 bits per heavy atom. The van der Waals surface area contributed by atoms with Gasteiger partial charge in [-0.25, -0.2) is 0 Å². The number of pyridine rings is 1. The van der Waals surface area contributed by atoms with Gasteiger partial charge in [0.1, 0.15) is 0 Å². The van der Waals surface area contributed by atoms with Crippen molar-refractivity contribution >= 4 is 31.9 Å². The molecule has 2 aromatic heterocycles. The number of aromatic nitrogens is 3. The van der Waals surface area contributed by atoms with Crippen LogP contribution in [-0.4, -0.2) is 14.8 Å². The van der Waals surface area contributed by atoms with E-state index >= 15 is 0 Å². The summed E-state index contributed by atoms with van der Waals surface area (Å²) in [6.45, 7) is 5.03. The third kappa shape index (κ3) is 3.71. The molecule has 3 N–H and O–H groups in total. The molecule has 0 aromatic carbocycles. The van der Waals surface area contributed by atoms with Crippen molar-refractivity contribution in [2.75, 3.05) is 0 Å². The first-order chi connectivity index (χ1) is 10.1. The van der Waals surface area contributed by atoms with Crippen LogP contribution in [0.5, 0.6) is 0 Å². The number of hydrazine groups is 1. The van der Waals surface area contributed by atoms with E-state index in [0.717, 1.165) is 45.3 Å². The minimum absolute atomic E-state index is 0.0157. The highest BCUT2D eigenvalue weighted by molar-refractivity contribution is 9.10. The average molecular weight is 417 g/mol. The van der Waals surface area contributed by atoms with Crippen molar-refractivity contribution in [3.8, 4) is 0 Å². The van der Waals surface area contributed by atoms with Crippen molar-refractivity contribution in [3.63, 3.8) is 0 Å². The summed E-state index contributed by atoms with van der Waals surface area (Å²) in [5.74, 6) is 5.75. The highest BCUT2D eigenvalue weighted by Crippen LogP contribution is 2.27. The molecule has 0 aliphatic carbocycles. The second kappa shape index (κ2) is 7.49. The summed E-state index contributed by atoms with van der Waals surface area (Å²) in [4.78, 5) is 4.20. The molecule has 0 aliphatic rings. The molecule has 21 heavy (non-hydrogen) atoms. The molecule has 2 aromatic rings. The van der Waals surface area contributed by atoms with Gasteiger partial charge in [0.2, 0.25) is 0 Å². The Hall–Kier alpha value is -0.760. The van der Waals surface area contributed by atoms with Gasteiger partial charge in [0.05, 0.1) is 21.9 Å². The van der Waals surface area contributed by atoms with Gasteiger partial charge >= 0.3 is 0 Å². The molecule has 7 heteroatoms. The fourth-order valence-corrected chi connectivity index (χ4v) is 3.41. The van der Waals surface area contributed by atoms with E-state index in [4.69, 9.17) is 5.84 Å². The topological polar surface area (TPSA) is 68.8 Å². The van der Waals surface area contributed by atoms with E-state index in [1.54, 1.807) is 6.20 Å². The van der Waals surface area contributed by atoms with Gasteiger partial charge in [0.25, 0.3) is 0 Å². The van der Waals surface area contributed by atoms with Crippen LogP contribution in [0.1, 0.15) is 36.8 Å². The molecular formula is C14H19Br2N5. The Bertz CT molecular complexity index is 611. The monoisotopic (exact) mass is 415 g/mol. The zero-order chi connectivity index (χ0) is 15.4. The summed E-state index contributed by atoms with van der Waals surface area (Å²) in [6, 6.07) is 2.01. The van der Waals surface area contributed by atoms with Crippen molar-refractivity contribution in [1.29, 1.82) is 0 Å². The zero-order valence-corrected chi connectivity index (χ0v) is 15.3. The normalized spacial score (nSPS) is 12.6. The number of hydrogen-bond acceptors (Lipinski definition) is 4. The van der Waals surface area contributed by atoms with Gasteiger partial charge in [0.15, 0.2) is 0 Å². The van der Waals surface area contributed by atoms with Gasteiger partial charge in [-0.2, -0.15) is 5.10 Å². The summed E-state index contributed by atoms with van der Waals surface area (Å²) in [5, 5.41) is 4.62. The number of hydrogen-bond donors (Lipinski definition) is 2. The molecule has 114 valence electrons. The molecule has 1 unspecified atom stereocenters. The Kier molecular flexibility index (Phi) is 5.92. The first kappa shape index (κ1) is 16.6. The van der Waals surface area contributed by atoms with Crippen LogP contribution < -0.4 is 11.3 Å². The lowest BCUT2D eigenvalue weighted by atomic mass is 10.0. The van der Waals surface area contributed by atoms with Gasteiger partial charge in [-0.3, -0.25) is 20.9 Å². The highest BCUT2D eigenvalue weighted by Gasteiger charge is 2.19. The highest BCUT2D eigenvalue weighted by atomic mass is 79.9. The van der Waals surface area contributed by atoms with Crippen LogP contribution in [0.3, 0.4) is 0 Å². The minimum Gasteiger partial charge on any atom is -0.271 e. The summed E-state index contributed by atoms with van der Waals surface area (Å²) >= 11 is 7.12. The van der Waals surface area contributed by atoms with E-state index in [1.807, 2.05) is 16.9 Å². The van der Waals surface area contributed by atoms with E-state index in [0.29, 0.717) is 0 Å². The molecule has 5 nitrogen and oxygen atoms in total. The lowest BCUT2D eigenvalue weighted by Crippen LogP contribution is -2.30. The molecule has 0 aliphatic heterocycles. The van der Waals surface area contributed by atoms with Gasteiger partial charge in [-0.1, -0.05) is 6.92 Å². The predicted octanol–water partition coefficient (Wildman–Crippen LogP) is 3.13. The van der Waals surface area contributed by atoms with E-state index < -0.39 is 0 Å². The Labute approximate surface area is 141 Å². The van der Waals surface area contributed by atoms with Crippen LogP contribution in [0.15, 0.2) is 27.4 Å². The number of aryl methyl sites for hydroxylation is 2. The maximum Gasteiger partial charge on any atom is 0.0766 e. The molecule has 2 rings (SSSR count). The van der Waals surface area contributed by atoms with E-state index in [2.05, 4.69) is 61.2 Å². The molecule has 0 amide bonds. The number of halogens is 2. The van der Waals surface area contributed by atoms with Crippen LogP contribution in [0, 0.1) is 0 Å². The molecule has 2 heterocycles. The summed E-state index contributed by atoms with van der Waals surface area (Å²) in [5.41, 5.74) is 6.15. The Balaban J connectivity index is 2.32. The summed E-state index contributed by atoms with van der Waals surface area (Å²) in [6.07, 6.45) is 5.24. The third-order valence-corrected chi connectivity index (χ3v) is 4.77. The van der Waals surface area contributed by atoms with Gasteiger partial charge in [0, 0.05) is 29.8 Å². The second-order valence-electron chi connectivity index (χ2n) is 4.74. The van der Waals surface area contributed by atoms with Crippen molar-refractivity contribution in [2.45, 2.75) is 39.3 Å². The molecule has 0 bridgehead atoms. The van der Waals surface area contributed by atoms with Crippen LogP contribution in [-0.2, 0) is 19.4 Å². The minimum atomic E-state index is -0.0157. The van der Waals surface area contributed by atoms with Crippen LogP contribution in [0.2, 0.25) is 0 Å². The first-order valence-corrected chi connectivity index (χ1v) is 8.49. The summed E-state index contributed by atoms with van der Waals surface area (Å²) < 4.78 is 4.05. The number of nitrogens with two attached hydrogens (primary N) is 1. The van der Waals surface area contributed by atoms with Crippen molar-refractivity contribution in [1.82, 2.24) is 20.2 Å². The molecule has 0 fully saturated rings. The van der Waals surface area contributed by atoms with Gasteiger partial charge in [-0.05, 0) is 56.8 Å².